The first kappa shape index (κ1) is 46.2. The van der Waals surface area contributed by atoms with E-state index >= 15 is 0 Å². The van der Waals surface area contributed by atoms with Gasteiger partial charge in [0.05, 0.1) is 48.6 Å². The van der Waals surface area contributed by atoms with Crippen LogP contribution in [0.5, 0.6) is 0 Å². The fourth-order valence-corrected chi connectivity index (χ4v) is 11.9. The number of imidazole rings is 2. The number of para-hydroxylation sites is 6. The maximum absolute atomic E-state index is 6.79. The Kier molecular flexibility index (Phi) is 12.4. The molecule has 0 fully saturated rings. The molecule has 7 aromatic carbocycles. The standard InChI is InChI=1S/C35H34N3OSSi.C23H21N2.Ir/c1-20(2)22-12-10-13-23(21(3)4)31(22)38-28-17-9-8-16-27(28)36-34(38)26-15-11-14-24-25-18-19-29-30(33(25)39-32(24)26)37-35(40-29)41(5,6)7;1-23(2,3)18-13-7-9-15-20(18)25-21-16-10-8-14-19(21)24-22(25)17-11-5-4-6-12-17;/h8-14,16-21H,1-7H3;4-11,13-16H,1-3H3;/q2*-1;. The van der Waals surface area contributed by atoms with E-state index in [9.17, 15) is 0 Å². The third kappa shape index (κ3) is 8.31. The molecule has 11 rings (SSSR count). The summed E-state index contributed by atoms with van der Waals surface area (Å²) >= 11 is 1.81. The molecule has 67 heavy (non-hydrogen) atoms. The van der Waals surface area contributed by atoms with E-state index in [0.29, 0.717) is 11.8 Å². The number of hydrogen-bond acceptors (Lipinski definition) is 5. The summed E-state index contributed by atoms with van der Waals surface area (Å²) in [6.45, 7) is 22.8. The summed E-state index contributed by atoms with van der Waals surface area (Å²) in [6.07, 6.45) is 0. The van der Waals surface area contributed by atoms with Gasteiger partial charge in [-0.3, -0.25) is 9.97 Å². The van der Waals surface area contributed by atoms with Crippen molar-refractivity contribution < 1.29 is 24.5 Å². The number of furan rings is 1. The van der Waals surface area contributed by atoms with Crippen molar-refractivity contribution in [3.63, 3.8) is 0 Å². The number of rotatable bonds is 7. The normalized spacial score (nSPS) is 12.2. The molecule has 6 nitrogen and oxygen atoms in total. The maximum Gasteiger partial charge on any atom is 0.148 e. The van der Waals surface area contributed by atoms with Gasteiger partial charge in [0.15, 0.2) is 0 Å². The third-order valence-electron chi connectivity index (χ3n) is 12.4. The number of thiazole rings is 1. The van der Waals surface area contributed by atoms with Crippen molar-refractivity contribution in [2.75, 3.05) is 0 Å². The van der Waals surface area contributed by atoms with Gasteiger partial charge in [-0.05, 0) is 70.3 Å². The van der Waals surface area contributed by atoms with Gasteiger partial charge >= 0.3 is 0 Å². The van der Waals surface area contributed by atoms with Gasteiger partial charge in [-0.25, -0.2) is 4.98 Å². The molecule has 11 aromatic rings. The Hall–Kier alpha value is -5.96. The van der Waals surface area contributed by atoms with Gasteiger partial charge < -0.3 is 13.6 Å². The van der Waals surface area contributed by atoms with Crippen molar-refractivity contribution in [1.82, 2.24) is 24.1 Å². The SMILES string of the molecule is CC(C)(C)c1ccccc1-n1c(-c2[c-]cccc2)nc2ccccc21.CC(C)c1cccc(C(C)C)c1-n1c(-c2[c-]ccc3c2oc2c3ccc3sc([Si](C)(C)C)nc32)nc2ccccc21.[Ir]. The zero-order chi connectivity index (χ0) is 46.1. The van der Waals surface area contributed by atoms with Crippen LogP contribution in [-0.4, -0.2) is 32.2 Å². The first-order chi connectivity index (χ1) is 31.7. The molecule has 0 spiro atoms. The topological polar surface area (TPSA) is 61.7 Å². The predicted molar refractivity (Wildman–Crippen MR) is 281 cm³/mol. The van der Waals surface area contributed by atoms with Gasteiger partial charge in [0, 0.05) is 36.9 Å². The van der Waals surface area contributed by atoms with Gasteiger partial charge in [0.2, 0.25) is 0 Å². The second kappa shape index (κ2) is 17.9. The first-order valence-electron chi connectivity index (χ1n) is 23.0. The van der Waals surface area contributed by atoms with Crippen LogP contribution in [0.15, 0.2) is 144 Å². The molecule has 4 aromatic heterocycles. The molecule has 0 saturated carbocycles. The molecule has 0 aliphatic rings. The Balaban J connectivity index is 0.000000186. The smallest absolute Gasteiger partial charge is 0.148 e. The first-order valence-corrected chi connectivity index (χ1v) is 27.3. The van der Waals surface area contributed by atoms with Crippen LogP contribution < -0.4 is 4.63 Å². The average molecular weight is 1090 g/mol. The predicted octanol–water partition coefficient (Wildman–Crippen LogP) is 15.6. The minimum absolute atomic E-state index is 0. The maximum atomic E-state index is 6.79. The molecule has 0 aliphatic carbocycles. The average Bonchev–Trinajstić information content (AvgIpc) is 4.10. The number of hydrogen-bond donors (Lipinski definition) is 0. The molecule has 0 amide bonds. The minimum Gasteiger partial charge on any atom is -0.498 e. The third-order valence-corrected chi connectivity index (χ3v) is 16.8. The molecule has 339 valence electrons. The molecule has 0 atom stereocenters. The monoisotopic (exact) mass is 1090 g/mol. The Morgan fingerprint density at radius 2 is 1.21 bits per heavy atom. The van der Waals surface area contributed by atoms with Crippen LogP contribution in [0.4, 0.5) is 0 Å². The zero-order valence-corrected chi connectivity index (χ0v) is 44.0. The quantitative estimate of drug-likeness (QED) is 0.118. The van der Waals surface area contributed by atoms with Crippen LogP contribution in [0.25, 0.3) is 88.4 Å². The number of aromatic nitrogens is 5. The van der Waals surface area contributed by atoms with Crippen LogP contribution in [0, 0.1) is 12.1 Å². The van der Waals surface area contributed by atoms with Crippen molar-refractivity contribution in [3.05, 3.63) is 168 Å². The minimum atomic E-state index is -1.55. The van der Waals surface area contributed by atoms with Crippen LogP contribution in [-0.2, 0) is 25.5 Å². The van der Waals surface area contributed by atoms with Gasteiger partial charge in [0.1, 0.15) is 19.2 Å². The van der Waals surface area contributed by atoms with E-state index in [4.69, 9.17) is 19.4 Å². The van der Waals surface area contributed by atoms with E-state index in [1.54, 1.807) is 0 Å². The van der Waals surface area contributed by atoms with Gasteiger partial charge in [-0.1, -0.05) is 146 Å². The summed E-state index contributed by atoms with van der Waals surface area (Å²) < 4.78 is 13.8. The van der Waals surface area contributed by atoms with Crippen molar-refractivity contribution >= 4 is 78.3 Å². The van der Waals surface area contributed by atoms with E-state index in [2.05, 4.69) is 199 Å². The van der Waals surface area contributed by atoms with E-state index in [1.165, 1.54) is 37.4 Å². The second-order valence-electron chi connectivity index (χ2n) is 19.9. The second-order valence-corrected chi connectivity index (χ2v) is 26.3. The van der Waals surface area contributed by atoms with Crippen LogP contribution in [0.1, 0.15) is 77.0 Å². The Morgan fingerprint density at radius 3 is 1.85 bits per heavy atom. The number of nitrogens with zero attached hydrogens (tertiary/aromatic N) is 5. The largest absolute Gasteiger partial charge is 0.498 e. The van der Waals surface area contributed by atoms with Crippen LogP contribution >= 0.6 is 11.3 Å². The molecule has 1 radical (unpaired) electrons. The van der Waals surface area contributed by atoms with Crippen molar-refractivity contribution in [2.45, 2.75) is 85.4 Å². The van der Waals surface area contributed by atoms with Crippen LogP contribution in [0.3, 0.4) is 0 Å². The molecule has 0 aliphatic heterocycles. The fourth-order valence-electron chi connectivity index (χ4n) is 9.15. The summed E-state index contributed by atoms with van der Waals surface area (Å²) in [4.78, 5) is 15.3. The summed E-state index contributed by atoms with van der Waals surface area (Å²) in [5.74, 6) is 2.48. The van der Waals surface area contributed by atoms with Gasteiger partial charge in [0.25, 0.3) is 0 Å². The molecular weight excluding hydrogens is 1040 g/mol. The van der Waals surface area contributed by atoms with Gasteiger partial charge in [-0.15, -0.1) is 65.4 Å². The van der Waals surface area contributed by atoms with Crippen molar-refractivity contribution in [3.8, 4) is 34.2 Å². The molecule has 9 heteroatoms. The Morgan fingerprint density at radius 1 is 0.597 bits per heavy atom. The molecule has 0 bridgehead atoms. The molecule has 0 N–H and O–H groups in total. The molecule has 4 heterocycles. The number of fused-ring (bicyclic) bond motifs is 7. The van der Waals surface area contributed by atoms with Crippen LogP contribution in [0.2, 0.25) is 19.6 Å². The molecule has 0 saturated heterocycles. The van der Waals surface area contributed by atoms with Crippen molar-refractivity contribution in [2.24, 2.45) is 0 Å². The van der Waals surface area contributed by atoms with Crippen molar-refractivity contribution in [1.29, 1.82) is 0 Å². The Labute approximate surface area is 412 Å². The summed E-state index contributed by atoms with van der Waals surface area (Å²) in [6, 6.07) is 55.4. The Bertz CT molecular complexity index is 3560. The summed E-state index contributed by atoms with van der Waals surface area (Å²) in [5, 5.41) is 2.15. The fraction of sp³-hybridized carbons (Fsp3) is 0.224. The van der Waals surface area contributed by atoms with E-state index < -0.39 is 8.07 Å². The molecule has 0 unspecified atom stereocenters. The summed E-state index contributed by atoms with van der Waals surface area (Å²) in [7, 11) is -1.55. The van der Waals surface area contributed by atoms with Gasteiger partial charge in [-0.2, -0.15) is 0 Å². The van der Waals surface area contributed by atoms with E-state index in [0.717, 1.165) is 72.3 Å². The summed E-state index contributed by atoms with van der Waals surface area (Å²) in [5.41, 5.74) is 15.0. The number of benzene rings is 7. The molecular formula is C58H55IrN5OSSi-2. The van der Waals surface area contributed by atoms with E-state index in [-0.39, 0.29) is 25.5 Å². The van der Waals surface area contributed by atoms with E-state index in [1.807, 2.05) is 41.7 Å². The zero-order valence-electron chi connectivity index (χ0n) is 39.8.